The SMILES string of the molecule is CC1C[NH+](C(C)c2ccccc2)C(C)CC1=O. The van der Waals surface area contributed by atoms with Crippen molar-refractivity contribution in [3.8, 4) is 0 Å². The van der Waals surface area contributed by atoms with Crippen LogP contribution in [0.5, 0.6) is 0 Å². The number of likely N-dealkylation sites (tertiary alicyclic amines) is 1. The Hall–Kier alpha value is -1.15. The summed E-state index contributed by atoms with van der Waals surface area (Å²) < 4.78 is 0. The molecule has 0 spiro atoms. The topological polar surface area (TPSA) is 21.5 Å². The number of nitrogens with one attached hydrogen (secondary N) is 1. The molecule has 2 heteroatoms. The highest BCUT2D eigenvalue weighted by Crippen LogP contribution is 2.13. The third kappa shape index (κ3) is 2.58. The van der Waals surface area contributed by atoms with E-state index in [2.05, 4.69) is 51.1 Å². The summed E-state index contributed by atoms with van der Waals surface area (Å²) >= 11 is 0. The summed E-state index contributed by atoms with van der Waals surface area (Å²) in [6, 6.07) is 11.5. The van der Waals surface area contributed by atoms with E-state index in [1.165, 1.54) is 5.56 Å². The Kier molecular flexibility index (Phi) is 3.63. The van der Waals surface area contributed by atoms with Crippen molar-refractivity contribution in [1.29, 1.82) is 0 Å². The molecule has 1 aliphatic heterocycles. The molecule has 2 rings (SSSR count). The van der Waals surface area contributed by atoms with E-state index >= 15 is 0 Å². The van der Waals surface area contributed by atoms with Crippen molar-refractivity contribution < 1.29 is 9.69 Å². The van der Waals surface area contributed by atoms with Crippen molar-refractivity contribution in [3.63, 3.8) is 0 Å². The fourth-order valence-electron chi connectivity index (χ4n) is 2.86. The van der Waals surface area contributed by atoms with Gasteiger partial charge in [0.25, 0.3) is 0 Å². The minimum absolute atomic E-state index is 0.215. The average molecular weight is 232 g/mol. The van der Waals surface area contributed by atoms with E-state index in [9.17, 15) is 4.79 Å². The summed E-state index contributed by atoms with van der Waals surface area (Å²) in [7, 11) is 0. The lowest BCUT2D eigenvalue weighted by atomic mass is 9.91. The molecule has 1 saturated heterocycles. The molecule has 1 aromatic carbocycles. The molecule has 0 bridgehead atoms. The van der Waals surface area contributed by atoms with Crippen LogP contribution in [-0.4, -0.2) is 18.4 Å². The second-order valence-corrected chi connectivity index (χ2v) is 5.38. The third-order valence-corrected chi connectivity index (χ3v) is 4.09. The average Bonchev–Trinajstić information content (AvgIpc) is 2.34. The van der Waals surface area contributed by atoms with Crippen LogP contribution in [0.4, 0.5) is 0 Å². The lowest BCUT2D eigenvalue weighted by Gasteiger charge is -2.37. The zero-order valence-electron chi connectivity index (χ0n) is 10.9. The number of Topliss-reactive ketones (excluding diaryl/α,β-unsaturated/α-hetero) is 1. The molecule has 4 atom stereocenters. The summed E-state index contributed by atoms with van der Waals surface area (Å²) in [6.45, 7) is 7.49. The molecular formula is C15H22NO+. The monoisotopic (exact) mass is 232 g/mol. The molecule has 1 aromatic rings. The van der Waals surface area contributed by atoms with Gasteiger partial charge in [0.2, 0.25) is 0 Å². The number of piperidine rings is 1. The third-order valence-electron chi connectivity index (χ3n) is 4.09. The van der Waals surface area contributed by atoms with Crippen molar-refractivity contribution >= 4 is 5.78 Å². The second-order valence-electron chi connectivity index (χ2n) is 5.38. The van der Waals surface area contributed by atoms with Gasteiger partial charge in [0.1, 0.15) is 11.8 Å². The molecular weight excluding hydrogens is 210 g/mol. The molecule has 0 amide bonds. The Labute approximate surface area is 104 Å². The van der Waals surface area contributed by atoms with Crippen molar-refractivity contribution in [2.75, 3.05) is 6.54 Å². The molecule has 0 saturated carbocycles. The molecule has 1 aliphatic rings. The Balaban J connectivity index is 2.14. The van der Waals surface area contributed by atoms with E-state index in [-0.39, 0.29) is 5.92 Å². The van der Waals surface area contributed by atoms with Gasteiger partial charge in [-0.3, -0.25) is 4.79 Å². The van der Waals surface area contributed by atoms with Crippen molar-refractivity contribution in [3.05, 3.63) is 35.9 Å². The van der Waals surface area contributed by atoms with E-state index in [1.807, 2.05) is 0 Å². The van der Waals surface area contributed by atoms with Crippen molar-refractivity contribution in [2.24, 2.45) is 5.92 Å². The summed E-state index contributed by atoms with van der Waals surface area (Å²) in [5.41, 5.74) is 1.37. The van der Waals surface area contributed by atoms with Gasteiger partial charge >= 0.3 is 0 Å². The lowest BCUT2D eigenvalue weighted by molar-refractivity contribution is -0.956. The van der Waals surface area contributed by atoms with Crippen LogP contribution >= 0.6 is 0 Å². The van der Waals surface area contributed by atoms with Gasteiger partial charge in [0.15, 0.2) is 0 Å². The van der Waals surface area contributed by atoms with E-state index in [0.29, 0.717) is 17.9 Å². The molecule has 1 heterocycles. The number of carbonyl (C=O) groups is 1. The fraction of sp³-hybridized carbons (Fsp3) is 0.533. The first-order valence-electron chi connectivity index (χ1n) is 6.53. The van der Waals surface area contributed by atoms with Crippen LogP contribution in [0, 0.1) is 5.92 Å². The molecule has 2 nitrogen and oxygen atoms in total. The minimum Gasteiger partial charge on any atom is -0.326 e. The zero-order chi connectivity index (χ0) is 12.4. The van der Waals surface area contributed by atoms with Crippen LogP contribution < -0.4 is 4.90 Å². The number of quaternary nitrogens is 1. The highest BCUT2D eigenvalue weighted by molar-refractivity contribution is 5.81. The van der Waals surface area contributed by atoms with Gasteiger partial charge < -0.3 is 4.90 Å². The number of carbonyl (C=O) groups excluding carboxylic acids is 1. The van der Waals surface area contributed by atoms with Gasteiger partial charge in [-0.1, -0.05) is 37.3 Å². The maximum absolute atomic E-state index is 11.7. The van der Waals surface area contributed by atoms with Gasteiger partial charge in [-0.25, -0.2) is 0 Å². The molecule has 0 aromatic heterocycles. The molecule has 0 aliphatic carbocycles. The summed E-state index contributed by atoms with van der Waals surface area (Å²) in [5, 5.41) is 0. The van der Waals surface area contributed by atoms with Crippen LogP contribution in [0.2, 0.25) is 0 Å². The first-order chi connectivity index (χ1) is 8.09. The number of benzene rings is 1. The quantitative estimate of drug-likeness (QED) is 0.822. The van der Waals surface area contributed by atoms with Crippen LogP contribution in [0.3, 0.4) is 0 Å². The summed E-state index contributed by atoms with van der Waals surface area (Å²) in [5.74, 6) is 0.647. The normalized spacial score (nSPS) is 31.2. The van der Waals surface area contributed by atoms with Crippen LogP contribution in [0.15, 0.2) is 30.3 Å². The number of ketones is 1. The number of rotatable bonds is 2. The first kappa shape index (κ1) is 12.3. The molecule has 1 N–H and O–H groups in total. The Bertz CT molecular complexity index is 387. The van der Waals surface area contributed by atoms with Crippen LogP contribution in [0.25, 0.3) is 0 Å². The minimum atomic E-state index is 0.215. The smallest absolute Gasteiger partial charge is 0.147 e. The van der Waals surface area contributed by atoms with Crippen LogP contribution in [-0.2, 0) is 4.79 Å². The van der Waals surface area contributed by atoms with Gasteiger partial charge in [-0.2, -0.15) is 0 Å². The molecule has 17 heavy (non-hydrogen) atoms. The zero-order valence-corrected chi connectivity index (χ0v) is 10.9. The van der Waals surface area contributed by atoms with Crippen molar-refractivity contribution in [2.45, 2.75) is 39.3 Å². The summed E-state index contributed by atoms with van der Waals surface area (Å²) in [4.78, 5) is 13.2. The highest BCUT2D eigenvalue weighted by Gasteiger charge is 2.35. The fourth-order valence-corrected chi connectivity index (χ4v) is 2.86. The Morgan fingerprint density at radius 2 is 1.88 bits per heavy atom. The number of hydrogen-bond acceptors (Lipinski definition) is 1. The highest BCUT2D eigenvalue weighted by atomic mass is 16.1. The van der Waals surface area contributed by atoms with E-state index in [4.69, 9.17) is 0 Å². The maximum atomic E-state index is 11.7. The molecule has 92 valence electrons. The van der Waals surface area contributed by atoms with Gasteiger partial charge in [-0.15, -0.1) is 0 Å². The van der Waals surface area contributed by atoms with Crippen molar-refractivity contribution in [1.82, 2.24) is 0 Å². The molecule has 0 radical (unpaired) electrons. The lowest BCUT2D eigenvalue weighted by Crippen LogP contribution is -3.17. The predicted molar refractivity (Wildman–Crippen MR) is 68.9 cm³/mol. The predicted octanol–water partition coefficient (Wildman–Crippen LogP) is 1.63. The number of hydrogen-bond donors (Lipinski definition) is 1. The van der Waals surface area contributed by atoms with E-state index in [1.54, 1.807) is 4.90 Å². The first-order valence-corrected chi connectivity index (χ1v) is 6.53. The standard InChI is InChI=1S/C15H21NO/c1-11-10-16(12(2)9-15(11)17)13(3)14-7-5-4-6-8-14/h4-8,11-13H,9-10H2,1-3H3/p+1. The van der Waals surface area contributed by atoms with E-state index < -0.39 is 0 Å². The van der Waals surface area contributed by atoms with Gasteiger partial charge in [-0.05, 0) is 13.8 Å². The Morgan fingerprint density at radius 3 is 2.53 bits per heavy atom. The second kappa shape index (κ2) is 5.01. The molecule has 1 fully saturated rings. The molecule has 4 unspecified atom stereocenters. The van der Waals surface area contributed by atoms with E-state index in [0.717, 1.165) is 13.0 Å². The van der Waals surface area contributed by atoms with Crippen LogP contribution in [0.1, 0.15) is 38.8 Å². The maximum Gasteiger partial charge on any atom is 0.147 e. The van der Waals surface area contributed by atoms with Gasteiger partial charge in [0, 0.05) is 5.56 Å². The van der Waals surface area contributed by atoms with Gasteiger partial charge in [0.05, 0.1) is 24.9 Å². The Morgan fingerprint density at radius 1 is 1.24 bits per heavy atom. The largest absolute Gasteiger partial charge is 0.326 e. The summed E-state index contributed by atoms with van der Waals surface area (Å²) in [6.07, 6.45) is 0.730.